The van der Waals surface area contributed by atoms with Crippen LogP contribution in [0.5, 0.6) is 0 Å². The Balaban J connectivity index is 2.02. The van der Waals surface area contributed by atoms with Gasteiger partial charge < -0.3 is 5.73 Å². The molecular formula is C8H17N3. The summed E-state index contributed by atoms with van der Waals surface area (Å²) in [4.78, 5) is 0. The zero-order valence-electron chi connectivity index (χ0n) is 7.33. The molecule has 1 aliphatic heterocycles. The number of hydrogen-bond acceptors (Lipinski definition) is 3. The normalized spacial score (nSPS) is 44.2. The molecule has 0 amide bonds. The van der Waals surface area contributed by atoms with Crippen molar-refractivity contribution in [1.82, 2.24) is 10.0 Å². The second-order valence-electron chi connectivity index (χ2n) is 4.02. The molecule has 0 spiro atoms. The minimum atomic E-state index is 0.483. The van der Waals surface area contributed by atoms with Gasteiger partial charge in [-0.05, 0) is 18.8 Å². The first-order chi connectivity index (χ1) is 5.18. The summed E-state index contributed by atoms with van der Waals surface area (Å²) >= 11 is 0. The van der Waals surface area contributed by atoms with Gasteiger partial charge in [-0.15, -0.1) is 0 Å². The van der Waals surface area contributed by atoms with Crippen molar-refractivity contribution >= 4 is 0 Å². The Morgan fingerprint density at radius 2 is 2.09 bits per heavy atom. The van der Waals surface area contributed by atoms with Crippen LogP contribution in [0.2, 0.25) is 0 Å². The van der Waals surface area contributed by atoms with E-state index in [1.165, 1.54) is 19.4 Å². The Morgan fingerprint density at radius 1 is 1.36 bits per heavy atom. The monoisotopic (exact) mass is 155 g/mol. The lowest BCUT2D eigenvalue weighted by Gasteiger charge is -2.34. The van der Waals surface area contributed by atoms with Crippen molar-refractivity contribution in [1.29, 1.82) is 0 Å². The van der Waals surface area contributed by atoms with Crippen LogP contribution in [0.25, 0.3) is 0 Å². The second-order valence-corrected chi connectivity index (χ2v) is 4.02. The third-order valence-corrected chi connectivity index (χ3v) is 3.08. The largest absolute Gasteiger partial charge is 0.327 e. The second kappa shape index (κ2) is 2.44. The van der Waals surface area contributed by atoms with Gasteiger partial charge in [-0.3, -0.25) is 0 Å². The van der Waals surface area contributed by atoms with Gasteiger partial charge in [0, 0.05) is 32.7 Å². The summed E-state index contributed by atoms with van der Waals surface area (Å²) in [6, 6.07) is 1.22. The molecule has 1 heterocycles. The molecule has 64 valence electrons. The highest BCUT2D eigenvalue weighted by atomic mass is 15.6. The molecule has 0 unspecified atom stereocenters. The minimum absolute atomic E-state index is 0.483. The van der Waals surface area contributed by atoms with Crippen LogP contribution in [0.3, 0.4) is 0 Å². The van der Waals surface area contributed by atoms with E-state index in [0.29, 0.717) is 6.04 Å². The van der Waals surface area contributed by atoms with Gasteiger partial charge in [0.05, 0.1) is 0 Å². The Labute approximate surface area is 68.1 Å². The number of nitrogens with two attached hydrogens (primary N) is 1. The van der Waals surface area contributed by atoms with Crippen molar-refractivity contribution in [2.45, 2.75) is 24.9 Å². The molecule has 0 radical (unpaired) electrons. The Hall–Kier alpha value is -0.120. The third kappa shape index (κ3) is 1.08. The van der Waals surface area contributed by atoms with E-state index in [4.69, 9.17) is 5.73 Å². The van der Waals surface area contributed by atoms with Crippen molar-refractivity contribution in [2.75, 3.05) is 20.6 Å². The average molecular weight is 155 g/mol. The average Bonchev–Trinajstić information content (AvgIpc) is 2.43. The first-order valence-electron chi connectivity index (χ1n) is 4.38. The highest BCUT2D eigenvalue weighted by Crippen LogP contribution is 2.36. The maximum atomic E-state index is 5.94. The number of nitrogens with zero attached hydrogens (tertiary/aromatic N) is 2. The molecule has 1 saturated carbocycles. The summed E-state index contributed by atoms with van der Waals surface area (Å²) in [5, 5.41) is 4.64. The van der Waals surface area contributed by atoms with E-state index in [1.807, 2.05) is 0 Å². The summed E-state index contributed by atoms with van der Waals surface area (Å²) in [5.41, 5.74) is 5.94. The summed E-state index contributed by atoms with van der Waals surface area (Å²) in [7, 11) is 4.23. The third-order valence-electron chi connectivity index (χ3n) is 3.08. The zero-order valence-corrected chi connectivity index (χ0v) is 7.33. The SMILES string of the molecule is CN(C)N1C[C@H]2C[C@@H]1C[C@H]2N. The van der Waals surface area contributed by atoms with Gasteiger partial charge in [-0.25, -0.2) is 10.0 Å². The summed E-state index contributed by atoms with van der Waals surface area (Å²) in [6.07, 6.45) is 2.52. The van der Waals surface area contributed by atoms with Crippen LogP contribution in [-0.2, 0) is 0 Å². The maximum absolute atomic E-state index is 5.94. The lowest BCUT2D eigenvalue weighted by atomic mass is 10.1. The Kier molecular flexibility index (Phi) is 1.67. The zero-order chi connectivity index (χ0) is 8.01. The van der Waals surface area contributed by atoms with E-state index in [9.17, 15) is 0 Å². The quantitative estimate of drug-likeness (QED) is 0.573. The maximum Gasteiger partial charge on any atom is 0.0264 e. The molecule has 3 nitrogen and oxygen atoms in total. The van der Waals surface area contributed by atoms with E-state index in [0.717, 1.165) is 12.0 Å². The Morgan fingerprint density at radius 3 is 2.45 bits per heavy atom. The van der Waals surface area contributed by atoms with E-state index < -0.39 is 0 Å². The lowest BCUT2D eigenvalue weighted by Crippen LogP contribution is -2.47. The van der Waals surface area contributed by atoms with Crippen LogP contribution in [-0.4, -0.2) is 42.7 Å². The molecule has 0 aromatic rings. The topological polar surface area (TPSA) is 32.5 Å². The van der Waals surface area contributed by atoms with Gasteiger partial charge in [0.25, 0.3) is 0 Å². The van der Waals surface area contributed by atoms with E-state index in [2.05, 4.69) is 24.1 Å². The smallest absolute Gasteiger partial charge is 0.0264 e. The molecule has 11 heavy (non-hydrogen) atoms. The molecular weight excluding hydrogens is 138 g/mol. The molecule has 2 fully saturated rings. The van der Waals surface area contributed by atoms with Crippen LogP contribution < -0.4 is 5.73 Å². The number of hydrazine groups is 1. The van der Waals surface area contributed by atoms with Crippen molar-refractivity contribution in [2.24, 2.45) is 11.7 Å². The van der Waals surface area contributed by atoms with Gasteiger partial charge in [0.2, 0.25) is 0 Å². The molecule has 0 aromatic heterocycles. The van der Waals surface area contributed by atoms with E-state index in [1.54, 1.807) is 0 Å². The number of fused-ring (bicyclic) bond motifs is 2. The van der Waals surface area contributed by atoms with Crippen LogP contribution in [0, 0.1) is 5.92 Å². The van der Waals surface area contributed by atoms with Gasteiger partial charge in [0.1, 0.15) is 0 Å². The van der Waals surface area contributed by atoms with Gasteiger partial charge >= 0.3 is 0 Å². The molecule has 3 atom stereocenters. The number of rotatable bonds is 1. The molecule has 0 aromatic carbocycles. The highest BCUT2D eigenvalue weighted by Gasteiger charge is 2.43. The standard InChI is InChI=1S/C8H17N3/c1-10(2)11-5-6-3-7(11)4-8(6)9/h6-8H,3-5,9H2,1-2H3/t6-,7-,8-/m1/s1. The molecule has 2 rings (SSSR count). The fourth-order valence-corrected chi connectivity index (χ4v) is 2.46. The van der Waals surface area contributed by atoms with Crippen molar-refractivity contribution in [3.8, 4) is 0 Å². The lowest BCUT2D eigenvalue weighted by molar-refractivity contribution is -0.00823. The predicted octanol–water partition coefficient (Wildman–Crippen LogP) is -0.115. The summed E-state index contributed by atoms with van der Waals surface area (Å²) in [6.45, 7) is 1.18. The number of piperidine rings is 1. The fourth-order valence-electron chi connectivity index (χ4n) is 2.46. The molecule has 1 saturated heterocycles. The van der Waals surface area contributed by atoms with Gasteiger partial charge in [0.15, 0.2) is 0 Å². The van der Waals surface area contributed by atoms with E-state index in [-0.39, 0.29) is 0 Å². The Bertz CT molecular complexity index is 155. The van der Waals surface area contributed by atoms with Crippen molar-refractivity contribution in [3.63, 3.8) is 0 Å². The number of hydrogen-bond donors (Lipinski definition) is 1. The van der Waals surface area contributed by atoms with Crippen LogP contribution >= 0.6 is 0 Å². The van der Waals surface area contributed by atoms with Crippen molar-refractivity contribution in [3.05, 3.63) is 0 Å². The fraction of sp³-hybridized carbons (Fsp3) is 1.00. The first-order valence-corrected chi connectivity index (χ1v) is 4.38. The van der Waals surface area contributed by atoms with Gasteiger partial charge in [-0.2, -0.15) is 0 Å². The van der Waals surface area contributed by atoms with Crippen LogP contribution in [0.4, 0.5) is 0 Å². The molecule has 3 heteroatoms. The van der Waals surface area contributed by atoms with Crippen LogP contribution in [0.15, 0.2) is 0 Å². The van der Waals surface area contributed by atoms with Crippen molar-refractivity contribution < 1.29 is 0 Å². The summed E-state index contributed by atoms with van der Waals surface area (Å²) < 4.78 is 0. The molecule has 1 aliphatic carbocycles. The minimum Gasteiger partial charge on any atom is -0.327 e. The molecule has 2 aliphatic rings. The van der Waals surface area contributed by atoms with E-state index >= 15 is 0 Å². The van der Waals surface area contributed by atoms with Gasteiger partial charge in [-0.1, -0.05) is 0 Å². The first kappa shape index (κ1) is 7.53. The molecule has 2 bridgehead atoms. The summed E-state index contributed by atoms with van der Waals surface area (Å²) in [5.74, 6) is 0.766. The predicted molar refractivity (Wildman–Crippen MR) is 44.9 cm³/mol. The molecule has 2 N–H and O–H groups in total. The van der Waals surface area contributed by atoms with Crippen LogP contribution in [0.1, 0.15) is 12.8 Å². The highest BCUT2D eigenvalue weighted by molar-refractivity contribution is 4.97.